The summed E-state index contributed by atoms with van der Waals surface area (Å²) in [5.41, 5.74) is 1.76. The van der Waals surface area contributed by atoms with Crippen molar-refractivity contribution in [3.05, 3.63) is 29.6 Å². The van der Waals surface area contributed by atoms with Crippen LogP contribution in [0.2, 0.25) is 0 Å². The topological polar surface area (TPSA) is 24.5 Å². The van der Waals surface area contributed by atoms with Crippen molar-refractivity contribution in [1.82, 2.24) is 5.32 Å². The Kier molecular flexibility index (Phi) is 5.38. The van der Waals surface area contributed by atoms with Crippen LogP contribution in [0.4, 0.5) is 10.1 Å². The summed E-state index contributed by atoms with van der Waals surface area (Å²) >= 11 is 0. The minimum absolute atomic E-state index is 0.136. The smallest absolute Gasteiger partial charge is 0.146 e. The van der Waals surface area contributed by atoms with Gasteiger partial charge in [0.2, 0.25) is 0 Å². The van der Waals surface area contributed by atoms with Crippen molar-refractivity contribution in [1.29, 1.82) is 0 Å². The Morgan fingerprint density at radius 2 is 2.25 bits per heavy atom. The van der Waals surface area contributed by atoms with E-state index < -0.39 is 0 Å². The molecule has 1 aliphatic heterocycles. The van der Waals surface area contributed by atoms with Crippen LogP contribution in [0.1, 0.15) is 26.3 Å². The first-order valence-corrected chi connectivity index (χ1v) is 7.42. The van der Waals surface area contributed by atoms with E-state index in [1.807, 2.05) is 6.07 Å². The van der Waals surface area contributed by atoms with Crippen LogP contribution in [0.25, 0.3) is 0 Å². The van der Waals surface area contributed by atoms with Crippen molar-refractivity contribution in [3.63, 3.8) is 0 Å². The van der Waals surface area contributed by atoms with Gasteiger partial charge in [-0.3, -0.25) is 0 Å². The fourth-order valence-electron chi connectivity index (χ4n) is 2.58. The van der Waals surface area contributed by atoms with E-state index in [0.29, 0.717) is 25.7 Å². The zero-order valence-corrected chi connectivity index (χ0v) is 12.7. The summed E-state index contributed by atoms with van der Waals surface area (Å²) < 4.78 is 19.7. The molecule has 1 heterocycles. The van der Waals surface area contributed by atoms with Crippen LogP contribution in [0.15, 0.2) is 18.2 Å². The number of hydrogen-bond acceptors (Lipinski definition) is 3. The van der Waals surface area contributed by atoms with Crippen LogP contribution < -0.4 is 10.2 Å². The van der Waals surface area contributed by atoms with Crippen molar-refractivity contribution in [2.75, 3.05) is 31.2 Å². The van der Waals surface area contributed by atoms with Gasteiger partial charge in [-0.05, 0) is 31.0 Å². The molecular formula is C16H25FN2O. The number of hydrogen-bond donors (Lipinski definition) is 1. The molecular weight excluding hydrogens is 255 g/mol. The molecule has 20 heavy (non-hydrogen) atoms. The van der Waals surface area contributed by atoms with E-state index in [-0.39, 0.29) is 11.9 Å². The third-order valence-electron chi connectivity index (χ3n) is 3.59. The zero-order chi connectivity index (χ0) is 14.5. The molecule has 0 spiro atoms. The summed E-state index contributed by atoms with van der Waals surface area (Å²) in [6, 6.07) is 5.55. The van der Waals surface area contributed by atoms with Crippen molar-refractivity contribution in [2.45, 2.75) is 33.4 Å². The van der Waals surface area contributed by atoms with Gasteiger partial charge in [-0.25, -0.2) is 4.39 Å². The van der Waals surface area contributed by atoms with Gasteiger partial charge in [0.15, 0.2) is 0 Å². The molecule has 112 valence electrons. The number of ether oxygens (including phenoxy) is 1. The van der Waals surface area contributed by atoms with Crippen molar-refractivity contribution in [3.8, 4) is 0 Å². The van der Waals surface area contributed by atoms with Gasteiger partial charge < -0.3 is 15.0 Å². The van der Waals surface area contributed by atoms with Crippen molar-refractivity contribution >= 4 is 5.69 Å². The number of rotatable bonds is 5. The molecule has 0 amide bonds. The average molecular weight is 280 g/mol. The minimum atomic E-state index is -0.136. The highest BCUT2D eigenvalue weighted by Crippen LogP contribution is 2.27. The maximum atomic E-state index is 14.3. The predicted octanol–water partition coefficient (Wildman–Crippen LogP) is 2.80. The van der Waals surface area contributed by atoms with Crippen LogP contribution in [0.3, 0.4) is 0 Å². The van der Waals surface area contributed by atoms with Gasteiger partial charge in [-0.15, -0.1) is 0 Å². The fraction of sp³-hybridized carbons (Fsp3) is 0.625. The number of para-hydroxylation sites is 1. The first kappa shape index (κ1) is 15.3. The van der Waals surface area contributed by atoms with Gasteiger partial charge in [0.25, 0.3) is 0 Å². The molecule has 1 saturated heterocycles. The van der Waals surface area contributed by atoms with Gasteiger partial charge in [-0.1, -0.05) is 26.0 Å². The molecule has 1 N–H and O–H groups in total. The summed E-state index contributed by atoms with van der Waals surface area (Å²) in [6.07, 6.45) is 0. The molecule has 0 aromatic heterocycles. The summed E-state index contributed by atoms with van der Waals surface area (Å²) in [6.45, 7) is 10.1. The number of anilines is 1. The summed E-state index contributed by atoms with van der Waals surface area (Å²) in [4.78, 5) is 2.13. The minimum Gasteiger partial charge on any atom is -0.377 e. The second kappa shape index (κ2) is 7.04. The van der Waals surface area contributed by atoms with E-state index in [1.54, 1.807) is 12.1 Å². The van der Waals surface area contributed by atoms with Crippen LogP contribution in [-0.2, 0) is 11.3 Å². The third kappa shape index (κ3) is 3.70. The van der Waals surface area contributed by atoms with E-state index in [0.717, 1.165) is 24.3 Å². The molecule has 4 heteroatoms. The molecule has 0 bridgehead atoms. The molecule has 0 radical (unpaired) electrons. The Labute approximate surface area is 121 Å². The average Bonchev–Trinajstić information content (AvgIpc) is 2.40. The second-order valence-corrected chi connectivity index (χ2v) is 5.89. The summed E-state index contributed by atoms with van der Waals surface area (Å²) in [5.74, 6) is 0.455. The highest BCUT2D eigenvalue weighted by molar-refractivity contribution is 5.56. The molecule has 3 nitrogen and oxygen atoms in total. The lowest BCUT2D eigenvalue weighted by Gasteiger charge is -2.36. The van der Waals surface area contributed by atoms with Crippen molar-refractivity contribution < 1.29 is 9.13 Å². The molecule has 0 aliphatic carbocycles. The van der Waals surface area contributed by atoms with E-state index in [2.05, 4.69) is 31.0 Å². The standard InChI is InChI=1S/C16H25FN2O/c1-12(2)9-18-10-14-5-4-6-15(17)16(14)19-7-8-20-11-13(19)3/h4-6,12-13,18H,7-11H2,1-3H3. The van der Waals surface area contributed by atoms with Crippen molar-refractivity contribution in [2.24, 2.45) is 5.92 Å². The number of nitrogens with one attached hydrogen (secondary N) is 1. The molecule has 1 atom stereocenters. The second-order valence-electron chi connectivity index (χ2n) is 5.89. The van der Waals surface area contributed by atoms with E-state index in [4.69, 9.17) is 4.74 Å². The first-order chi connectivity index (χ1) is 9.59. The van der Waals surface area contributed by atoms with Crippen LogP contribution in [-0.4, -0.2) is 32.3 Å². The maximum absolute atomic E-state index is 14.3. The molecule has 1 aromatic carbocycles. The molecule has 1 fully saturated rings. The number of morpholine rings is 1. The maximum Gasteiger partial charge on any atom is 0.146 e. The van der Waals surface area contributed by atoms with Gasteiger partial charge in [0.05, 0.1) is 18.9 Å². The molecule has 2 rings (SSSR count). The number of benzene rings is 1. The van der Waals surface area contributed by atoms with Gasteiger partial charge in [-0.2, -0.15) is 0 Å². The van der Waals surface area contributed by atoms with Gasteiger partial charge in [0.1, 0.15) is 5.82 Å². The molecule has 1 unspecified atom stereocenters. The highest BCUT2D eigenvalue weighted by atomic mass is 19.1. The van der Waals surface area contributed by atoms with E-state index in [9.17, 15) is 4.39 Å². The normalized spacial score (nSPS) is 19.6. The van der Waals surface area contributed by atoms with Crippen LogP contribution in [0.5, 0.6) is 0 Å². The molecule has 1 aliphatic rings. The Hall–Kier alpha value is -1.13. The lowest BCUT2D eigenvalue weighted by atomic mass is 10.1. The number of halogens is 1. The Bertz CT molecular complexity index is 436. The Balaban J connectivity index is 2.17. The van der Waals surface area contributed by atoms with Gasteiger partial charge in [0, 0.05) is 19.1 Å². The zero-order valence-electron chi connectivity index (χ0n) is 12.7. The fourth-order valence-corrected chi connectivity index (χ4v) is 2.58. The summed E-state index contributed by atoms with van der Waals surface area (Å²) in [7, 11) is 0. The van der Waals surface area contributed by atoms with Gasteiger partial charge >= 0.3 is 0 Å². The lowest BCUT2D eigenvalue weighted by Crippen LogP contribution is -2.44. The predicted molar refractivity (Wildman–Crippen MR) is 80.6 cm³/mol. The first-order valence-electron chi connectivity index (χ1n) is 7.42. The quantitative estimate of drug-likeness (QED) is 0.897. The van der Waals surface area contributed by atoms with E-state index in [1.165, 1.54) is 0 Å². The molecule has 1 aromatic rings. The summed E-state index contributed by atoms with van der Waals surface area (Å²) in [5, 5.41) is 3.40. The lowest BCUT2D eigenvalue weighted by molar-refractivity contribution is 0.0985. The monoisotopic (exact) mass is 280 g/mol. The van der Waals surface area contributed by atoms with Crippen LogP contribution in [0, 0.1) is 11.7 Å². The van der Waals surface area contributed by atoms with Crippen LogP contribution >= 0.6 is 0 Å². The highest BCUT2D eigenvalue weighted by Gasteiger charge is 2.23. The largest absolute Gasteiger partial charge is 0.377 e. The molecule has 0 saturated carbocycles. The third-order valence-corrected chi connectivity index (χ3v) is 3.59. The SMILES string of the molecule is CC(C)CNCc1cccc(F)c1N1CCOCC1C. The Morgan fingerprint density at radius 3 is 2.95 bits per heavy atom. The Morgan fingerprint density at radius 1 is 1.45 bits per heavy atom. The van der Waals surface area contributed by atoms with E-state index >= 15 is 0 Å². The number of nitrogens with zero attached hydrogens (tertiary/aromatic N) is 1.